The standard InChI is InChI=1S/C40H49FN8/c1-8-12-37(31-18-34(41)22-35(19-31)43-15-16-49(6)7)27(3)28(4)46-29(5)39-38-21-33(24-44-40(38)48-47-39)32-20-36(25-42-23-32)45-26(2)17-30-13-10-9-11-14-30/h8,12,18-25,30,43,45-46H,1-2,5,9-11,13-17H2,3-4,6-7H3,(H,44,47,48)/b28-27+,37-12+. The van der Waals surface area contributed by atoms with Crippen LogP contribution < -0.4 is 16.0 Å². The van der Waals surface area contributed by atoms with Gasteiger partial charge in [0.2, 0.25) is 0 Å². The quantitative estimate of drug-likeness (QED) is 0.0945. The molecule has 4 N–H and O–H groups in total. The van der Waals surface area contributed by atoms with Crippen LogP contribution in [0.3, 0.4) is 0 Å². The molecule has 0 radical (unpaired) electrons. The molecule has 49 heavy (non-hydrogen) atoms. The van der Waals surface area contributed by atoms with Crippen LogP contribution in [0.15, 0.2) is 97.8 Å². The van der Waals surface area contributed by atoms with Crippen molar-refractivity contribution in [1.29, 1.82) is 0 Å². The van der Waals surface area contributed by atoms with Gasteiger partial charge in [0.25, 0.3) is 0 Å². The molecule has 3 aromatic heterocycles. The largest absolute Gasteiger partial charge is 0.384 e. The number of halogens is 1. The topological polar surface area (TPSA) is 93.8 Å². The van der Waals surface area contributed by atoms with Crippen LogP contribution in [0, 0.1) is 11.7 Å². The predicted octanol–water partition coefficient (Wildman–Crippen LogP) is 9.15. The van der Waals surface area contributed by atoms with Crippen molar-refractivity contribution in [2.75, 3.05) is 37.8 Å². The molecule has 3 heterocycles. The van der Waals surface area contributed by atoms with Gasteiger partial charge in [-0.2, -0.15) is 5.10 Å². The van der Waals surface area contributed by atoms with Gasteiger partial charge >= 0.3 is 0 Å². The third kappa shape index (κ3) is 9.32. The first-order chi connectivity index (χ1) is 23.6. The van der Waals surface area contributed by atoms with E-state index in [0.717, 1.165) is 74.7 Å². The molecule has 1 aliphatic carbocycles. The van der Waals surface area contributed by atoms with Crippen molar-refractivity contribution in [3.8, 4) is 11.1 Å². The Morgan fingerprint density at radius 1 is 1.00 bits per heavy atom. The van der Waals surface area contributed by atoms with Gasteiger partial charge in [-0.05, 0) is 87.3 Å². The first-order valence-corrected chi connectivity index (χ1v) is 17.0. The van der Waals surface area contributed by atoms with Crippen molar-refractivity contribution < 1.29 is 4.39 Å². The zero-order chi connectivity index (χ0) is 34.9. The number of H-pyrrole nitrogens is 1. The highest BCUT2D eigenvalue weighted by molar-refractivity contribution is 5.91. The van der Waals surface area contributed by atoms with Crippen molar-refractivity contribution in [2.45, 2.75) is 52.4 Å². The molecule has 0 bridgehead atoms. The summed E-state index contributed by atoms with van der Waals surface area (Å²) in [5, 5.41) is 18.6. The van der Waals surface area contributed by atoms with Crippen molar-refractivity contribution in [2.24, 2.45) is 5.92 Å². The van der Waals surface area contributed by atoms with Crippen molar-refractivity contribution in [1.82, 2.24) is 30.4 Å². The Bertz CT molecular complexity index is 1880. The zero-order valence-electron chi connectivity index (χ0n) is 29.3. The number of allylic oxidation sites excluding steroid dienone is 6. The van der Waals surface area contributed by atoms with Crippen LogP contribution in [0.25, 0.3) is 33.4 Å². The first-order valence-electron chi connectivity index (χ1n) is 17.0. The van der Waals surface area contributed by atoms with Gasteiger partial charge < -0.3 is 20.9 Å². The highest BCUT2D eigenvalue weighted by Gasteiger charge is 2.16. The summed E-state index contributed by atoms with van der Waals surface area (Å²) in [6, 6.07) is 9.15. The normalized spacial score (nSPS) is 14.4. The average Bonchev–Trinajstić information content (AvgIpc) is 3.50. The molecule has 0 atom stereocenters. The Morgan fingerprint density at radius 2 is 1.78 bits per heavy atom. The molecule has 9 heteroatoms. The SMILES string of the molecule is C=C/C=C(\C(C)=C(/C)NC(=C)c1[nH]nc2ncc(-c3cncc(NC(=C)CC4CCCCC4)c3)cc12)c1cc(F)cc(NCCN(C)C)c1. The lowest BCUT2D eigenvalue weighted by Crippen LogP contribution is -2.20. The lowest BCUT2D eigenvalue weighted by Gasteiger charge is -2.22. The van der Waals surface area contributed by atoms with E-state index < -0.39 is 0 Å². The summed E-state index contributed by atoms with van der Waals surface area (Å²) in [7, 11) is 4.02. The maximum absolute atomic E-state index is 14.8. The number of nitrogens with one attached hydrogen (secondary N) is 4. The number of hydrogen-bond acceptors (Lipinski definition) is 7. The number of hydrogen-bond donors (Lipinski definition) is 4. The third-order valence-electron chi connectivity index (χ3n) is 9.05. The molecule has 8 nitrogen and oxygen atoms in total. The highest BCUT2D eigenvalue weighted by atomic mass is 19.1. The minimum atomic E-state index is -0.309. The third-order valence-corrected chi connectivity index (χ3v) is 9.05. The van der Waals surface area contributed by atoms with E-state index >= 15 is 0 Å². The second-order valence-electron chi connectivity index (χ2n) is 13.2. The summed E-state index contributed by atoms with van der Waals surface area (Å²) < 4.78 is 14.8. The number of pyridine rings is 2. The molecule has 1 fully saturated rings. The molecule has 0 saturated heterocycles. The fraction of sp³-hybridized carbons (Fsp3) is 0.325. The second-order valence-corrected chi connectivity index (χ2v) is 13.2. The van der Waals surface area contributed by atoms with Crippen LogP contribution in [0.1, 0.15) is 63.6 Å². The molecule has 5 rings (SSSR count). The van der Waals surface area contributed by atoms with Gasteiger partial charge in [-0.3, -0.25) is 10.1 Å². The van der Waals surface area contributed by atoms with E-state index in [1.54, 1.807) is 12.1 Å². The number of nitrogens with zero attached hydrogens (tertiary/aromatic N) is 4. The molecule has 256 valence electrons. The maximum atomic E-state index is 14.8. The molecular formula is C40H49FN8. The number of likely N-dealkylation sites (N-methyl/N-ethyl adjacent to an activating group) is 1. The number of aromatic amines is 1. The fourth-order valence-corrected chi connectivity index (χ4v) is 6.36. The summed E-state index contributed by atoms with van der Waals surface area (Å²) in [5.41, 5.74) is 9.84. The van der Waals surface area contributed by atoms with Gasteiger partial charge in [-0.15, -0.1) is 0 Å². The summed E-state index contributed by atoms with van der Waals surface area (Å²) in [4.78, 5) is 11.2. The van der Waals surface area contributed by atoms with E-state index in [4.69, 9.17) is 0 Å². The molecule has 0 spiro atoms. The van der Waals surface area contributed by atoms with Crippen LogP contribution >= 0.6 is 0 Å². The smallest absolute Gasteiger partial charge is 0.181 e. The van der Waals surface area contributed by atoms with Gasteiger partial charge in [0.15, 0.2) is 5.65 Å². The first kappa shape index (κ1) is 35.3. The summed E-state index contributed by atoms with van der Waals surface area (Å²) in [6.07, 6.45) is 16.6. The lowest BCUT2D eigenvalue weighted by atomic mass is 9.86. The van der Waals surface area contributed by atoms with Gasteiger partial charge in [-0.1, -0.05) is 64.0 Å². The molecule has 1 aliphatic rings. The molecule has 0 amide bonds. The molecule has 4 aromatic rings. The molecular weight excluding hydrogens is 611 g/mol. The fourth-order valence-electron chi connectivity index (χ4n) is 6.36. The van der Waals surface area contributed by atoms with Gasteiger partial charge in [0.1, 0.15) is 5.82 Å². The van der Waals surface area contributed by atoms with E-state index in [0.29, 0.717) is 23.8 Å². The summed E-state index contributed by atoms with van der Waals surface area (Å²) in [6.45, 7) is 18.0. The van der Waals surface area contributed by atoms with E-state index in [1.807, 2.05) is 58.7 Å². The number of benzene rings is 1. The molecule has 1 saturated carbocycles. The number of anilines is 2. The van der Waals surface area contributed by atoms with E-state index in [1.165, 1.54) is 38.2 Å². The Balaban J connectivity index is 1.34. The van der Waals surface area contributed by atoms with Crippen LogP contribution in [0.5, 0.6) is 0 Å². The average molecular weight is 661 g/mol. The molecule has 0 aliphatic heterocycles. The zero-order valence-corrected chi connectivity index (χ0v) is 29.3. The maximum Gasteiger partial charge on any atom is 0.181 e. The van der Waals surface area contributed by atoms with Crippen LogP contribution in [-0.4, -0.2) is 52.3 Å². The monoisotopic (exact) mass is 660 g/mol. The van der Waals surface area contributed by atoms with Crippen LogP contribution in [-0.2, 0) is 0 Å². The summed E-state index contributed by atoms with van der Waals surface area (Å²) in [5.74, 6) is 0.398. The van der Waals surface area contributed by atoms with Gasteiger partial charge in [0, 0.05) is 59.1 Å². The van der Waals surface area contributed by atoms with Crippen molar-refractivity contribution in [3.05, 3.63) is 115 Å². The van der Waals surface area contributed by atoms with Crippen molar-refractivity contribution >= 4 is 33.7 Å². The predicted molar refractivity (Wildman–Crippen MR) is 203 cm³/mol. The Labute approximate surface area is 290 Å². The Kier molecular flexibility index (Phi) is 11.8. The van der Waals surface area contributed by atoms with Crippen LogP contribution in [0.2, 0.25) is 0 Å². The van der Waals surface area contributed by atoms with E-state index in [2.05, 4.69) is 72.9 Å². The van der Waals surface area contributed by atoms with Gasteiger partial charge in [-0.25, -0.2) is 9.37 Å². The van der Waals surface area contributed by atoms with Crippen LogP contribution in [0.4, 0.5) is 15.8 Å². The Morgan fingerprint density at radius 3 is 2.53 bits per heavy atom. The second kappa shape index (κ2) is 16.4. The Hall–Kier alpha value is -5.02. The lowest BCUT2D eigenvalue weighted by molar-refractivity contribution is 0.357. The van der Waals surface area contributed by atoms with E-state index in [9.17, 15) is 4.39 Å². The minimum absolute atomic E-state index is 0.309. The number of aromatic nitrogens is 4. The molecule has 1 aromatic carbocycles. The number of rotatable bonds is 15. The minimum Gasteiger partial charge on any atom is -0.384 e. The van der Waals surface area contributed by atoms with Crippen molar-refractivity contribution in [3.63, 3.8) is 0 Å². The van der Waals surface area contributed by atoms with Gasteiger partial charge in [0.05, 0.1) is 23.3 Å². The molecule has 0 unspecified atom stereocenters. The number of fused-ring (bicyclic) bond motifs is 1. The summed E-state index contributed by atoms with van der Waals surface area (Å²) >= 11 is 0. The van der Waals surface area contributed by atoms with E-state index in [-0.39, 0.29) is 5.82 Å². The highest BCUT2D eigenvalue weighted by Crippen LogP contribution is 2.32.